The molecule has 19 heavy (non-hydrogen) atoms. The number of carbonyl (C=O) groups excluding carboxylic acids is 1. The van der Waals surface area contributed by atoms with Crippen LogP contribution in [-0.2, 0) is 11.3 Å². The first kappa shape index (κ1) is 13.6. The Morgan fingerprint density at radius 1 is 1.32 bits per heavy atom. The summed E-state index contributed by atoms with van der Waals surface area (Å²) in [5.74, 6) is -0.295. The zero-order valence-electron chi connectivity index (χ0n) is 11.4. The third-order valence-corrected chi connectivity index (χ3v) is 3.48. The van der Waals surface area contributed by atoms with Gasteiger partial charge < -0.3 is 10.0 Å². The van der Waals surface area contributed by atoms with E-state index in [0.717, 1.165) is 5.56 Å². The van der Waals surface area contributed by atoms with Gasteiger partial charge in [0.15, 0.2) is 0 Å². The molecule has 2 rings (SSSR count). The minimum atomic E-state index is -0.446. The quantitative estimate of drug-likeness (QED) is 0.891. The SMILES string of the molecule is CC1=C(O)C(C)(C)CN(Cc2ccc(F)cc2)C1=O. The molecule has 3 nitrogen and oxygen atoms in total. The third-order valence-electron chi connectivity index (χ3n) is 3.48. The normalized spacial score (nSPS) is 18.9. The number of benzene rings is 1. The maximum atomic E-state index is 12.9. The molecule has 1 heterocycles. The Balaban J connectivity index is 2.23. The van der Waals surface area contributed by atoms with Crippen LogP contribution in [-0.4, -0.2) is 22.5 Å². The smallest absolute Gasteiger partial charge is 0.253 e. The van der Waals surface area contributed by atoms with E-state index in [1.54, 1.807) is 24.0 Å². The van der Waals surface area contributed by atoms with E-state index in [4.69, 9.17) is 0 Å². The highest BCUT2D eigenvalue weighted by Crippen LogP contribution is 2.33. The molecule has 0 saturated carbocycles. The van der Waals surface area contributed by atoms with Crippen molar-refractivity contribution >= 4 is 5.91 Å². The predicted molar refractivity (Wildman–Crippen MR) is 70.9 cm³/mol. The first-order valence-corrected chi connectivity index (χ1v) is 6.25. The van der Waals surface area contributed by atoms with Gasteiger partial charge in [0.05, 0.1) is 5.57 Å². The molecule has 1 aliphatic heterocycles. The van der Waals surface area contributed by atoms with E-state index in [1.807, 2.05) is 13.8 Å². The minimum absolute atomic E-state index is 0.160. The molecule has 0 radical (unpaired) electrons. The molecular formula is C15H18FNO2. The Morgan fingerprint density at radius 3 is 2.47 bits per heavy atom. The monoisotopic (exact) mass is 263 g/mol. The van der Waals surface area contributed by atoms with Crippen LogP contribution in [0.25, 0.3) is 0 Å². The van der Waals surface area contributed by atoms with Crippen molar-refractivity contribution in [3.8, 4) is 0 Å². The fourth-order valence-corrected chi connectivity index (χ4v) is 2.41. The lowest BCUT2D eigenvalue weighted by Crippen LogP contribution is -2.44. The van der Waals surface area contributed by atoms with Crippen LogP contribution in [0.1, 0.15) is 26.3 Å². The summed E-state index contributed by atoms with van der Waals surface area (Å²) in [5, 5.41) is 9.98. The van der Waals surface area contributed by atoms with Gasteiger partial charge in [-0.3, -0.25) is 4.79 Å². The number of hydrogen-bond donors (Lipinski definition) is 1. The molecule has 1 aromatic carbocycles. The zero-order chi connectivity index (χ0) is 14.2. The van der Waals surface area contributed by atoms with E-state index in [2.05, 4.69) is 0 Å². The number of rotatable bonds is 2. The van der Waals surface area contributed by atoms with E-state index in [1.165, 1.54) is 12.1 Å². The van der Waals surface area contributed by atoms with Gasteiger partial charge in [0, 0.05) is 18.5 Å². The van der Waals surface area contributed by atoms with Crippen molar-refractivity contribution in [3.05, 3.63) is 47.0 Å². The maximum absolute atomic E-state index is 12.9. The molecule has 4 heteroatoms. The van der Waals surface area contributed by atoms with Gasteiger partial charge >= 0.3 is 0 Å². The third kappa shape index (κ3) is 2.62. The summed E-state index contributed by atoms with van der Waals surface area (Å²) in [6.45, 7) is 6.31. The van der Waals surface area contributed by atoms with Crippen LogP contribution >= 0.6 is 0 Å². The van der Waals surface area contributed by atoms with Gasteiger partial charge in [0.25, 0.3) is 5.91 Å². The fraction of sp³-hybridized carbons (Fsp3) is 0.400. The lowest BCUT2D eigenvalue weighted by molar-refractivity contribution is -0.131. The number of halogens is 1. The average Bonchev–Trinajstić information content (AvgIpc) is 2.36. The van der Waals surface area contributed by atoms with Gasteiger partial charge in [-0.15, -0.1) is 0 Å². The van der Waals surface area contributed by atoms with Gasteiger partial charge in [0.1, 0.15) is 11.6 Å². The van der Waals surface area contributed by atoms with Crippen LogP contribution in [0.3, 0.4) is 0 Å². The highest BCUT2D eigenvalue weighted by atomic mass is 19.1. The lowest BCUT2D eigenvalue weighted by Gasteiger charge is -2.38. The molecule has 0 saturated heterocycles. The fourth-order valence-electron chi connectivity index (χ4n) is 2.41. The van der Waals surface area contributed by atoms with E-state index in [-0.39, 0.29) is 17.5 Å². The van der Waals surface area contributed by atoms with Crippen LogP contribution in [0.5, 0.6) is 0 Å². The highest BCUT2D eigenvalue weighted by molar-refractivity contribution is 5.94. The molecule has 0 spiro atoms. The number of aliphatic hydroxyl groups excluding tert-OH is 1. The summed E-state index contributed by atoms with van der Waals surface area (Å²) in [5.41, 5.74) is 0.816. The van der Waals surface area contributed by atoms with Crippen molar-refractivity contribution < 1.29 is 14.3 Å². The predicted octanol–water partition coefficient (Wildman–Crippen LogP) is 3.03. The van der Waals surface area contributed by atoms with Crippen molar-refractivity contribution in [1.82, 2.24) is 4.90 Å². The van der Waals surface area contributed by atoms with E-state index in [0.29, 0.717) is 18.7 Å². The second-order valence-corrected chi connectivity index (χ2v) is 5.65. The molecule has 0 unspecified atom stereocenters. The Hall–Kier alpha value is -1.84. The highest BCUT2D eigenvalue weighted by Gasteiger charge is 2.37. The molecule has 0 aromatic heterocycles. The number of aliphatic hydroxyl groups is 1. The van der Waals surface area contributed by atoms with Gasteiger partial charge in [-0.05, 0) is 24.6 Å². The molecule has 1 aliphatic rings. The van der Waals surface area contributed by atoms with Gasteiger partial charge in [-0.1, -0.05) is 26.0 Å². The Morgan fingerprint density at radius 2 is 1.89 bits per heavy atom. The van der Waals surface area contributed by atoms with Crippen LogP contribution in [0.15, 0.2) is 35.6 Å². The molecule has 1 amide bonds. The number of nitrogens with zero attached hydrogens (tertiary/aromatic N) is 1. The number of carbonyl (C=O) groups is 1. The summed E-state index contributed by atoms with van der Waals surface area (Å²) in [4.78, 5) is 13.8. The summed E-state index contributed by atoms with van der Waals surface area (Å²) in [7, 11) is 0. The molecular weight excluding hydrogens is 245 g/mol. The van der Waals surface area contributed by atoms with E-state index >= 15 is 0 Å². The van der Waals surface area contributed by atoms with Crippen molar-refractivity contribution in [2.45, 2.75) is 27.3 Å². The second kappa shape index (κ2) is 4.68. The van der Waals surface area contributed by atoms with Crippen molar-refractivity contribution in [2.75, 3.05) is 6.54 Å². The Labute approximate surface area is 112 Å². The average molecular weight is 263 g/mol. The maximum Gasteiger partial charge on any atom is 0.253 e. The molecule has 0 fully saturated rings. The molecule has 0 bridgehead atoms. The summed E-state index contributed by atoms with van der Waals surface area (Å²) < 4.78 is 12.9. The lowest BCUT2D eigenvalue weighted by atomic mass is 9.84. The Kier molecular flexibility index (Phi) is 3.35. The summed E-state index contributed by atoms with van der Waals surface area (Å²) >= 11 is 0. The topological polar surface area (TPSA) is 40.5 Å². The van der Waals surface area contributed by atoms with Crippen LogP contribution in [0.2, 0.25) is 0 Å². The Bertz CT molecular complexity index is 532. The van der Waals surface area contributed by atoms with Crippen LogP contribution in [0.4, 0.5) is 4.39 Å². The second-order valence-electron chi connectivity index (χ2n) is 5.65. The van der Waals surface area contributed by atoms with Crippen LogP contribution < -0.4 is 0 Å². The summed E-state index contributed by atoms with van der Waals surface area (Å²) in [6.07, 6.45) is 0. The molecule has 0 aliphatic carbocycles. The molecule has 1 aromatic rings. The van der Waals surface area contributed by atoms with Gasteiger partial charge in [0.2, 0.25) is 0 Å². The standard InChI is InChI=1S/C15H18FNO2/c1-10-13(18)15(2,3)9-17(14(10)19)8-11-4-6-12(16)7-5-11/h4-7,18H,8-9H2,1-3H3. The number of hydrogen-bond acceptors (Lipinski definition) is 2. The molecule has 0 atom stereocenters. The van der Waals surface area contributed by atoms with Gasteiger partial charge in [-0.25, -0.2) is 4.39 Å². The van der Waals surface area contributed by atoms with Crippen molar-refractivity contribution in [1.29, 1.82) is 0 Å². The van der Waals surface area contributed by atoms with Crippen LogP contribution in [0, 0.1) is 11.2 Å². The summed E-state index contributed by atoms with van der Waals surface area (Å²) in [6, 6.07) is 6.11. The van der Waals surface area contributed by atoms with Gasteiger partial charge in [-0.2, -0.15) is 0 Å². The zero-order valence-corrected chi connectivity index (χ0v) is 11.4. The largest absolute Gasteiger partial charge is 0.511 e. The number of amides is 1. The molecule has 102 valence electrons. The van der Waals surface area contributed by atoms with Crippen molar-refractivity contribution in [3.63, 3.8) is 0 Å². The van der Waals surface area contributed by atoms with E-state index < -0.39 is 5.41 Å². The first-order chi connectivity index (χ1) is 8.81. The first-order valence-electron chi connectivity index (χ1n) is 6.25. The minimum Gasteiger partial charge on any atom is -0.511 e. The molecule has 1 N–H and O–H groups in total. The van der Waals surface area contributed by atoms with Crippen molar-refractivity contribution in [2.24, 2.45) is 5.41 Å². The van der Waals surface area contributed by atoms with E-state index in [9.17, 15) is 14.3 Å².